The van der Waals surface area contributed by atoms with E-state index in [2.05, 4.69) is 5.32 Å². The van der Waals surface area contributed by atoms with Gasteiger partial charge in [-0.25, -0.2) is 4.79 Å². The van der Waals surface area contributed by atoms with Crippen LogP contribution in [-0.2, 0) is 14.3 Å². The van der Waals surface area contributed by atoms with Crippen molar-refractivity contribution in [3.63, 3.8) is 0 Å². The van der Waals surface area contributed by atoms with Crippen LogP contribution in [0.1, 0.15) is 48.4 Å². The Bertz CT molecular complexity index is 710. The highest BCUT2D eigenvalue weighted by Crippen LogP contribution is 2.47. The van der Waals surface area contributed by atoms with Gasteiger partial charge in [-0.05, 0) is 76.9 Å². The predicted molar refractivity (Wildman–Crippen MR) is 103 cm³/mol. The molecule has 1 aliphatic carbocycles. The fourth-order valence-electron chi connectivity index (χ4n) is 3.72. The van der Waals surface area contributed by atoms with Crippen molar-refractivity contribution in [1.29, 1.82) is 0 Å². The molecule has 0 saturated heterocycles. The largest absolute Gasteiger partial charge is 0.507 e. The molecule has 0 amide bonds. The molecular weight excluding hydrogens is 330 g/mol. The SMILES string of the molecule is CCOC1CCC2(C1)OC(=O)C(c1cc(C)c(C)cc1C)=C2O.CNC. The zero-order valence-electron chi connectivity index (χ0n) is 16.7. The standard InChI is InChI=1S/C19H24O4.C2H7N/c1-5-22-14-6-7-19(10-14)17(20)16(18(21)23-19)15-9-12(3)11(2)8-13(15)4;1-3-2/h8-9,14,20H,5-7,10H2,1-4H3;3H,1-2H3. The molecule has 1 saturated carbocycles. The van der Waals surface area contributed by atoms with Crippen LogP contribution in [0.4, 0.5) is 0 Å². The van der Waals surface area contributed by atoms with Crippen molar-refractivity contribution in [3.8, 4) is 0 Å². The fourth-order valence-corrected chi connectivity index (χ4v) is 3.72. The Morgan fingerprint density at radius 2 is 1.85 bits per heavy atom. The van der Waals surface area contributed by atoms with Gasteiger partial charge in [0, 0.05) is 13.0 Å². The Balaban J connectivity index is 0.000000758. The first kappa shape index (κ1) is 20.5. The Kier molecular flexibility index (Phi) is 6.48. The second kappa shape index (κ2) is 8.23. The van der Waals surface area contributed by atoms with Crippen molar-refractivity contribution in [3.05, 3.63) is 40.1 Å². The molecule has 0 radical (unpaired) electrons. The summed E-state index contributed by atoms with van der Waals surface area (Å²) in [6.07, 6.45) is 1.98. The highest BCUT2D eigenvalue weighted by molar-refractivity contribution is 6.20. The molecule has 2 unspecified atom stereocenters. The van der Waals surface area contributed by atoms with Crippen molar-refractivity contribution < 1.29 is 19.4 Å². The summed E-state index contributed by atoms with van der Waals surface area (Å²) in [5.41, 5.74) is 3.44. The third-order valence-electron chi connectivity index (χ3n) is 5.10. The number of nitrogens with one attached hydrogen (secondary N) is 1. The molecule has 1 aliphatic heterocycles. The van der Waals surface area contributed by atoms with Gasteiger partial charge < -0.3 is 19.9 Å². The number of rotatable bonds is 3. The fraction of sp³-hybridized carbons (Fsp3) is 0.571. The molecule has 2 N–H and O–H groups in total. The summed E-state index contributed by atoms with van der Waals surface area (Å²) in [6.45, 7) is 8.58. The molecule has 26 heavy (non-hydrogen) atoms. The third kappa shape index (κ3) is 3.79. The van der Waals surface area contributed by atoms with Gasteiger partial charge in [0.15, 0.2) is 11.4 Å². The lowest BCUT2D eigenvalue weighted by atomic mass is 9.91. The lowest BCUT2D eigenvalue weighted by Gasteiger charge is -2.22. The van der Waals surface area contributed by atoms with Crippen LogP contribution < -0.4 is 5.32 Å². The van der Waals surface area contributed by atoms with Crippen LogP contribution in [0.5, 0.6) is 0 Å². The van der Waals surface area contributed by atoms with E-state index in [-0.39, 0.29) is 11.9 Å². The Hall–Kier alpha value is -1.85. The van der Waals surface area contributed by atoms with Crippen LogP contribution in [0.15, 0.2) is 17.9 Å². The van der Waals surface area contributed by atoms with E-state index in [9.17, 15) is 9.90 Å². The van der Waals surface area contributed by atoms with Crippen molar-refractivity contribution in [2.45, 2.75) is 58.7 Å². The van der Waals surface area contributed by atoms with E-state index >= 15 is 0 Å². The monoisotopic (exact) mass is 361 g/mol. The van der Waals surface area contributed by atoms with Gasteiger partial charge in [0.2, 0.25) is 0 Å². The first-order valence-corrected chi connectivity index (χ1v) is 9.25. The van der Waals surface area contributed by atoms with Crippen molar-refractivity contribution in [2.75, 3.05) is 20.7 Å². The topological polar surface area (TPSA) is 67.8 Å². The number of esters is 1. The van der Waals surface area contributed by atoms with E-state index in [1.54, 1.807) is 0 Å². The normalized spacial score (nSPS) is 24.7. The molecule has 0 bridgehead atoms. The molecule has 5 heteroatoms. The zero-order chi connectivity index (χ0) is 19.5. The lowest BCUT2D eigenvalue weighted by Crippen LogP contribution is -2.29. The van der Waals surface area contributed by atoms with Gasteiger partial charge in [-0.15, -0.1) is 0 Å². The molecule has 2 aliphatic rings. The average Bonchev–Trinajstić information content (AvgIpc) is 3.07. The molecule has 1 aromatic carbocycles. The van der Waals surface area contributed by atoms with Gasteiger partial charge in [-0.2, -0.15) is 0 Å². The van der Waals surface area contributed by atoms with Crippen LogP contribution in [-0.4, -0.2) is 43.5 Å². The van der Waals surface area contributed by atoms with Crippen LogP contribution in [0.2, 0.25) is 0 Å². The van der Waals surface area contributed by atoms with E-state index in [1.807, 2.05) is 53.9 Å². The molecule has 0 aromatic heterocycles. The molecule has 144 valence electrons. The summed E-state index contributed by atoms with van der Waals surface area (Å²) >= 11 is 0. The zero-order valence-corrected chi connectivity index (χ0v) is 16.7. The Morgan fingerprint density at radius 1 is 1.23 bits per heavy atom. The molecule has 1 fully saturated rings. The lowest BCUT2D eigenvalue weighted by molar-refractivity contribution is -0.147. The molecule has 1 aromatic rings. The van der Waals surface area contributed by atoms with E-state index in [0.717, 1.165) is 23.1 Å². The van der Waals surface area contributed by atoms with Gasteiger partial charge in [0.1, 0.15) is 5.57 Å². The Labute approximate surface area is 156 Å². The number of carbonyl (C=O) groups excluding carboxylic acids is 1. The number of aliphatic hydroxyl groups is 1. The maximum absolute atomic E-state index is 12.5. The highest BCUT2D eigenvalue weighted by atomic mass is 16.6. The van der Waals surface area contributed by atoms with E-state index in [0.29, 0.717) is 25.0 Å². The molecule has 5 nitrogen and oxygen atoms in total. The van der Waals surface area contributed by atoms with Crippen LogP contribution in [0, 0.1) is 20.8 Å². The minimum Gasteiger partial charge on any atom is -0.507 e. The summed E-state index contributed by atoms with van der Waals surface area (Å²) in [4.78, 5) is 12.5. The van der Waals surface area contributed by atoms with Crippen molar-refractivity contribution in [2.24, 2.45) is 0 Å². The number of benzene rings is 1. The average molecular weight is 361 g/mol. The summed E-state index contributed by atoms with van der Waals surface area (Å²) in [7, 11) is 3.75. The van der Waals surface area contributed by atoms with E-state index in [4.69, 9.17) is 9.47 Å². The number of aryl methyl sites for hydroxylation is 3. The van der Waals surface area contributed by atoms with Crippen molar-refractivity contribution in [1.82, 2.24) is 5.32 Å². The number of carbonyl (C=O) groups is 1. The summed E-state index contributed by atoms with van der Waals surface area (Å²) in [6, 6.07) is 4.01. The molecular formula is C21H31NO4. The van der Waals surface area contributed by atoms with Gasteiger partial charge >= 0.3 is 5.97 Å². The van der Waals surface area contributed by atoms with Crippen LogP contribution >= 0.6 is 0 Å². The third-order valence-corrected chi connectivity index (χ3v) is 5.10. The van der Waals surface area contributed by atoms with E-state index in [1.165, 1.54) is 5.56 Å². The first-order chi connectivity index (χ1) is 12.3. The number of ether oxygens (including phenoxy) is 2. The smallest absolute Gasteiger partial charge is 0.343 e. The number of hydrogen-bond acceptors (Lipinski definition) is 5. The Morgan fingerprint density at radius 3 is 2.46 bits per heavy atom. The quantitative estimate of drug-likeness (QED) is 0.805. The van der Waals surface area contributed by atoms with Crippen LogP contribution in [0.3, 0.4) is 0 Å². The number of aliphatic hydroxyl groups excluding tert-OH is 1. The molecule has 2 atom stereocenters. The molecule has 1 spiro atoms. The minimum absolute atomic E-state index is 0.0372. The summed E-state index contributed by atoms with van der Waals surface area (Å²) < 4.78 is 11.3. The second-order valence-electron chi connectivity index (χ2n) is 7.18. The van der Waals surface area contributed by atoms with Gasteiger partial charge in [-0.1, -0.05) is 12.1 Å². The predicted octanol–water partition coefficient (Wildman–Crippen LogP) is 3.60. The molecule has 1 heterocycles. The summed E-state index contributed by atoms with van der Waals surface area (Å²) in [5, 5.41) is 13.6. The van der Waals surface area contributed by atoms with Crippen LogP contribution in [0.25, 0.3) is 5.57 Å². The van der Waals surface area contributed by atoms with Gasteiger partial charge in [-0.3, -0.25) is 0 Å². The van der Waals surface area contributed by atoms with E-state index < -0.39 is 11.6 Å². The number of hydrogen-bond donors (Lipinski definition) is 2. The summed E-state index contributed by atoms with van der Waals surface area (Å²) in [5.74, 6) is -0.345. The first-order valence-electron chi connectivity index (χ1n) is 9.25. The van der Waals surface area contributed by atoms with Gasteiger partial charge in [0.05, 0.1) is 6.10 Å². The van der Waals surface area contributed by atoms with Gasteiger partial charge in [0.25, 0.3) is 0 Å². The maximum atomic E-state index is 12.5. The maximum Gasteiger partial charge on any atom is 0.343 e. The minimum atomic E-state index is -0.891. The highest BCUT2D eigenvalue weighted by Gasteiger charge is 2.53. The molecule has 3 rings (SSSR count). The second-order valence-corrected chi connectivity index (χ2v) is 7.18. The van der Waals surface area contributed by atoms with Crippen molar-refractivity contribution >= 4 is 11.5 Å².